The van der Waals surface area contributed by atoms with E-state index in [1.807, 2.05) is 0 Å². The molecule has 0 radical (unpaired) electrons. The number of amides is 2. The van der Waals surface area contributed by atoms with E-state index in [0.29, 0.717) is 6.54 Å². The molecule has 6 nitrogen and oxygen atoms in total. The van der Waals surface area contributed by atoms with E-state index in [-0.39, 0.29) is 18.5 Å². The fourth-order valence-corrected chi connectivity index (χ4v) is 1.43. The van der Waals surface area contributed by atoms with Gasteiger partial charge in [-0.2, -0.15) is 0 Å². The number of hydrogen-bond acceptors (Lipinski definition) is 4. The molecule has 1 aliphatic heterocycles. The fourth-order valence-electron chi connectivity index (χ4n) is 1.43. The largest absolute Gasteiger partial charge is 0.444 e. The second-order valence-electron chi connectivity index (χ2n) is 5.01. The number of nitrogens with two attached hydrogens (primary N) is 1. The number of ether oxygens (including phenoxy) is 1. The average molecular weight is 229 g/mol. The summed E-state index contributed by atoms with van der Waals surface area (Å²) in [6, 6.07) is -0.186. The van der Waals surface area contributed by atoms with Crippen molar-refractivity contribution in [3.63, 3.8) is 0 Å². The Balaban J connectivity index is 2.62. The third-order valence-electron chi connectivity index (χ3n) is 2.23. The Kier molecular flexibility index (Phi) is 3.42. The van der Waals surface area contributed by atoms with E-state index in [9.17, 15) is 9.59 Å². The number of carbonyl (C=O) groups excluding carboxylic acids is 2. The molecule has 2 N–H and O–H groups in total. The Morgan fingerprint density at radius 3 is 2.50 bits per heavy atom. The molecule has 6 heteroatoms. The lowest BCUT2D eigenvalue weighted by Crippen LogP contribution is -2.59. The smallest absolute Gasteiger partial charge is 0.410 e. The lowest BCUT2D eigenvalue weighted by atomic mass is 10.2. The van der Waals surface area contributed by atoms with Crippen LogP contribution in [0.2, 0.25) is 0 Å². The van der Waals surface area contributed by atoms with Gasteiger partial charge in [0.05, 0.1) is 6.04 Å². The molecule has 1 atom stereocenters. The molecule has 0 spiro atoms. The van der Waals surface area contributed by atoms with Crippen LogP contribution in [0.1, 0.15) is 27.7 Å². The van der Waals surface area contributed by atoms with E-state index in [1.165, 1.54) is 4.90 Å². The van der Waals surface area contributed by atoms with Crippen molar-refractivity contribution in [1.29, 1.82) is 0 Å². The van der Waals surface area contributed by atoms with Gasteiger partial charge in [0.25, 0.3) is 5.91 Å². The summed E-state index contributed by atoms with van der Waals surface area (Å²) in [6.45, 7) is 7.53. The molecule has 0 bridgehead atoms. The second-order valence-corrected chi connectivity index (χ2v) is 5.01. The Labute approximate surface area is 95.3 Å². The van der Waals surface area contributed by atoms with Gasteiger partial charge in [0, 0.05) is 6.54 Å². The molecule has 0 aromatic heterocycles. The maximum atomic E-state index is 11.7. The van der Waals surface area contributed by atoms with Gasteiger partial charge >= 0.3 is 6.09 Å². The van der Waals surface area contributed by atoms with Crippen LogP contribution in [0.25, 0.3) is 0 Å². The van der Waals surface area contributed by atoms with Gasteiger partial charge in [0.1, 0.15) is 12.1 Å². The summed E-state index contributed by atoms with van der Waals surface area (Å²) < 4.78 is 5.18. The summed E-state index contributed by atoms with van der Waals surface area (Å²) in [4.78, 5) is 24.5. The summed E-state index contributed by atoms with van der Waals surface area (Å²) >= 11 is 0. The van der Waals surface area contributed by atoms with E-state index in [0.717, 1.165) is 5.01 Å². The zero-order valence-electron chi connectivity index (χ0n) is 10.2. The van der Waals surface area contributed by atoms with Crippen molar-refractivity contribution in [3.05, 3.63) is 0 Å². The molecule has 1 saturated heterocycles. The highest BCUT2D eigenvalue weighted by Gasteiger charge is 2.32. The Morgan fingerprint density at radius 1 is 1.50 bits per heavy atom. The summed E-state index contributed by atoms with van der Waals surface area (Å²) in [7, 11) is 0. The Bertz CT molecular complexity index is 298. The van der Waals surface area contributed by atoms with Crippen LogP contribution < -0.4 is 5.84 Å². The normalized spacial score (nSPS) is 22.3. The Morgan fingerprint density at radius 2 is 2.06 bits per heavy atom. The van der Waals surface area contributed by atoms with Gasteiger partial charge < -0.3 is 4.74 Å². The van der Waals surface area contributed by atoms with Crippen molar-refractivity contribution in [3.8, 4) is 0 Å². The van der Waals surface area contributed by atoms with Crippen LogP contribution in [0.4, 0.5) is 4.79 Å². The first-order valence-electron chi connectivity index (χ1n) is 5.25. The quantitative estimate of drug-likeness (QED) is 0.479. The molecule has 92 valence electrons. The third-order valence-corrected chi connectivity index (χ3v) is 2.23. The van der Waals surface area contributed by atoms with Crippen LogP contribution in [0.5, 0.6) is 0 Å². The summed E-state index contributed by atoms with van der Waals surface area (Å²) in [6.07, 6.45) is -0.471. The highest BCUT2D eigenvalue weighted by atomic mass is 16.6. The van der Waals surface area contributed by atoms with E-state index >= 15 is 0 Å². The molecule has 0 aromatic rings. The molecule has 16 heavy (non-hydrogen) atoms. The van der Waals surface area contributed by atoms with Gasteiger partial charge in [0.15, 0.2) is 0 Å². The predicted octanol–water partition coefficient (Wildman–Crippen LogP) is 0.328. The first-order chi connectivity index (χ1) is 7.20. The van der Waals surface area contributed by atoms with Crippen LogP contribution in [0, 0.1) is 0 Å². The summed E-state index contributed by atoms with van der Waals surface area (Å²) in [5.41, 5.74) is -0.552. The van der Waals surface area contributed by atoms with Gasteiger partial charge in [-0.1, -0.05) is 0 Å². The number of nitrogens with zero attached hydrogens (tertiary/aromatic N) is 2. The molecule has 0 aromatic carbocycles. The fraction of sp³-hybridized carbons (Fsp3) is 0.800. The number of carbonyl (C=O) groups is 2. The maximum Gasteiger partial charge on any atom is 0.410 e. The summed E-state index contributed by atoms with van der Waals surface area (Å²) in [5, 5.41) is 1.15. The molecular formula is C10H19N3O3. The van der Waals surface area contributed by atoms with E-state index < -0.39 is 11.7 Å². The minimum atomic E-state index is -0.552. The molecule has 1 aliphatic rings. The molecule has 1 heterocycles. The topological polar surface area (TPSA) is 75.9 Å². The predicted molar refractivity (Wildman–Crippen MR) is 58.3 cm³/mol. The van der Waals surface area contributed by atoms with Crippen LogP contribution >= 0.6 is 0 Å². The second kappa shape index (κ2) is 4.29. The van der Waals surface area contributed by atoms with Crippen molar-refractivity contribution < 1.29 is 14.3 Å². The van der Waals surface area contributed by atoms with Crippen molar-refractivity contribution in [1.82, 2.24) is 9.91 Å². The molecule has 2 amide bonds. The lowest BCUT2D eigenvalue weighted by Gasteiger charge is -2.37. The highest BCUT2D eigenvalue weighted by Crippen LogP contribution is 2.13. The van der Waals surface area contributed by atoms with Crippen LogP contribution in [-0.4, -0.2) is 46.6 Å². The van der Waals surface area contributed by atoms with E-state index in [1.54, 1.807) is 27.7 Å². The van der Waals surface area contributed by atoms with Crippen molar-refractivity contribution in [2.24, 2.45) is 5.84 Å². The SMILES string of the molecule is CC1CN(C(=O)OC(C)(C)C)CC(=O)N1N. The van der Waals surface area contributed by atoms with Crippen molar-refractivity contribution in [2.45, 2.75) is 39.3 Å². The molecule has 1 unspecified atom stereocenters. The molecule has 1 rings (SSSR count). The van der Waals surface area contributed by atoms with Crippen LogP contribution in [-0.2, 0) is 9.53 Å². The first-order valence-corrected chi connectivity index (χ1v) is 5.25. The molecule has 0 saturated carbocycles. The van der Waals surface area contributed by atoms with E-state index in [2.05, 4.69) is 0 Å². The van der Waals surface area contributed by atoms with Gasteiger partial charge in [-0.3, -0.25) is 14.7 Å². The van der Waals surface area contributed by atoms with Crippen molar-refractivity contribution in [2.75, 3.05) is 13.1 Å². The van der Waals surface area contributed by atoms with Gasteiger partial charge in [-0.25, -0.2) is 10.6 Å². The van der Waals surface area contributed by atoms with Gasteiger partial charge in [0.2, 0.25) is 0 Å². The number of piperazine rings is 1. The van der Waals surface area contributed by atoms with E-state index in [4.69, 9.17) is 10.6 Å². The monoisotopic (exact) mass is 229 g/mol. The zero-order valence-corrected chi connectivity index (χ0v) is 10.2. The summed E-state index contributed by atoms with van der Waals surface area (Å²) in [5.74, 6) is 5.24. The number of hydrazine groups is 1. The molecule has 0 aliphatic carbocycles. The maximum absolute atomic E-state index is 11.7. The third kappa shape index (κ3) is 3.10. The zero-order chi connectivity index (χ0) is 12.5. The number of hydrogen-bond donors (Lipinski definition) is 1. The molecular weight excluding hydrogens is 210 g/mol. The first kappa shape index (κ1) is 12.8. The van der Waals surface area contributed by atoms with Crippen molar-refractivity contribution >= 4 is 12.0 Å². The van der Waals surface area contributed by atoms with Crippen LogP contribution in [0.3, 0.4) is 0 Å². The van der Waals surface area contributed by atoms with Gasteiger partial charge in [-0.15, -0.1) is 0 Å². The standard InChI is InChI=1S/C10H19N3O3/c1-7-5-12(6-8(14)13(7)11)9(15)16-10(2,3)4/h7H,5-6,11H2,1-4H3. The molecule has 1 fully saturated rings. The minimum Gasteiger partial charge on any atom is -0.444 e. The number of rotatable bonds is 0. The van der Waals surface area contributed by atoms with Gasteiger partial charge in [-0.05, 0) is 27.7 Å². The highest BCUT2D eigenvalue weighted by molar-refractivity contribution is 5.83. The lowest BCUT2D eigenvalue weighted by molar-refractivity contribution is -0.139. The Hall–Kier alpha value is -1.30. The van der Waals surface area contributed by atoms with Crippen LogP contribution in [0.15, 0.2) is 0 Å². The minimum absolute atomic E-state index is 0.0181. The average Bonchev–Trinajstić information content (AvgIpc) is 2.10.